The summed E-state index contributed by atoms with van der Waals surface area (Å²) >= 11 is 0. The third-order valence-electron chi connectivity index (χ3n) is 1.74. The molecule has 0 saturated carbocycles. The largest absolute Gasteiger partial charge is 0.468 e. The molecule has 0 radical (unpaired) electrons. The van der Waals surface area contributed by atoms with Gasteiger partial charge < -0.3 is 4.74 Å². The maximum Gasteiger partial charge on any atom is 0.293 e. The Morgan fingerprint density at radius 3 is 2.75 bits per heavy atom. The van der Waals surface area contributed by atoms with E-state index in [9.17, 15) is 4.79 Å². The Hall–Kier alpha value is -1.37. The van der Waals surface area contributed by atoms with E-state index in [0.717, 1.165) is 6.42 Å². The second kappa shape index (κ2) is 3.86. The number of terminal acetylenes is 1. The molecular weight excluding hydrogens is 156 g/mol. The van der Waals surface area contributed by atoms with Crippen LogP contribution in [0.3, 0.4) is 0 Å². The summed E-state index contributed by atoms with van der Waals surface area (Å²) in [4.78, 5) is 9.81. The molecule has 1 aliphatic heterocycles. The monoisotopic (exact) mass is 166 g/mol. The predicted molar refractivity (Wildman–Crippen MR) is 42.3 cm³/mol. The molecule has 1 heterocycles. The molecule has 12 heavy (non-hydrogen) atoms. The lowest BCUT2D eigenvalue weighted by Crippen LogP contribution is -2.13. The van der Waals surface area contributed by atoms with Gasteiger partial charge in [-0.2, -0.15) is 10.2 Å². The smallest absolute Gasteiger partial charge is 0.293 e. The highest BCUT2D eigenvalue weighted by Crippen LogP contribution is 2.36. The van der Waals surface area contributed by atoms with Gasteiger partial charge in [-0.25, -0.2) is 0 Å². The Balaban J connectivity index is 2.13. The molecule has 0 aromatic heterocycles. The summed E-state index contributed by atoms with van der Waals surface area (Å²) in [5, 5.41) is 7.75. The molecule has 0 bridgehead atoms. The van der Waals surface area contributed by atoms with E-state index in [4.69, 9.17) is 6.42 Å². The fourth-order valence-corrected chi connectivity index (χ4v) is 0.939. The zero-order chi connectivity index (χ0) is 8.86. The average Bonchev–Trinajstić information content (AvgIpc) is 2.83. The summed E-state index contributed by atoms with van der Waals surface area (Å²) in [7, 11) is 0. The van der Waals surface area contributed by atoms with Crippen LogP contribution in [0, 0.1) is 12.3 Å². The molecule has 0 aromatic rings. The summed E-state index contributed by atoms with van der Waals surface area (Å²) < 4.78 is 4.54. The fraction of sp³-hybridized carbons (Fsp3) is 0.625. The molecular formula is C8H10N2O2. The second-order valence-electron chi connectivity index (χ2n) is 2.60. The SMILES string of the molecule is C#CCCC1(CCOC=O)N=N1. The van der Waals surface area contributed by atoms with Gasteiger partial charge in [-0.15, -0.1) is 12.3 Å². The van der Waals surface area contributed by atoms with Gasteiger partial charge in [0.15, 0.2) is 5.66 Å². The van der Waals surface area contributed by atoms with Crippen LogP contribution in [-0.2, 0) is 9.53 Å². The Morgan fingerprint density at radius 1 is 1.50 bits per heavy atom. The van der Waals surface area contributed by atoms with Crippen LogP contribution in [0.25, 0.3) is 0 Å². The number of carbonyl (C=O) groups is 1. The predicted octanol–water partition coefficient (Wildman–Crippen LogP) is 1.12. The summed E-state index contributed by atoms with van der Waals surface area (Å²) in [6.45, 7) is 0.790. The third kappa shape index (κ3) is 2.35. The van der Waals surface area contributed by atoms with Gasteiger partial charge in [-0.3, -0.25) is 4.79 Å². The van der Waals surface area contributed by atoms with E-state index >= 15 is 0 Å². The van der Waals surface area contributed by atoms with Crippen molar-refractivity contribution in [3.63, 3.8) is 0 Å². The molecule has 0 unspecified atom stereocenters. The first-order chi connectivity index (χ1) is 5.83. The van der Waals surface area contributed by atoms with Crippen molar-refractivity contribution in [3.05, 3.63) is 0 Å². The number of ether oxygens (including phenoxy) is 1. The summed E-state index contributed by atoms with van der Waals surface area (Å²) in [5.41, 5.74) is -0.324. The summed E-state index contributed by atoms with van der Waals surface area (Å²) in [6, 6.07) is 0. The number of nitrogens with zero attached hydrogens (tertiary/aromatic N) is 2. The first-order valence-electron chi connectivity index (χ1n) is 3.76. The zero-order valence-electron chi connectivity index (χ0n) is 6.69. The van der Waals surface area contributed by atoms with Crippen LogP contribution in [0.1, 0.15) is 19.3 Å². The van der Waals surface area contributed by atoms with E-state index in [1.165, 1.54) is 0 Å². The van der Waals surface area contributed by atoms with Gasteiger partial charge in [0.2, 0.25) is 0 Å². The van der Waals surface area contributed by atoms with Crippen molar-refractivity contribution < 1.29 is 9.53 Å². The molecule has 0 atom stereocenters. The molecule has 0 N–H and O–H groups in total. The molecule has 0 aliphatic carbocycles. The highest BCUT2D eigenvalue weighted by atomic mass is 16.5. The van der Waals surface area contributed by atoms with E-state index in [-0.39, 0.29) is 5.66 Å². The van der Waals surface area contributed by atoms with Crippen molar-refractivity contribution in [3.8, 4) is 12.3 Å². The van der Waals surface area contributed by atoms with Crippen molar-refractivity contribution in [1.29, 1.82) is 0 Å². The molecule has 0 aromatic carbocycles. The lowest BCUT2D eigenvalue weighted by atomic mass is 10.1. The van der Waals surface area contributed by atoms with Gasteiger partial charge in [-0.1, -0.05) is 0 Å². The molecule has 0 spiro atoms. The number of hydrogen-bond acceptors (Lipinski definition) is 4. The van der Waals surface area contributed by atoms with Crippen LogP contribution < -0.4 is 0 Å². The van der Waals surface area contributed by atoms with E-state index in [1.807, 2.05) is 0 Å². The van der Waals surface area contributed by atoms with Crippen molar-refractivity contribution in [1.82, 2.24) is 0 Å². The fourth-order valence-electron chi connectivity index (χ4n) is 0.939. The maximum atomic E-state index is 9.81. The van der Waals surface area contributed by atoms with E-state index in [0.29, 0.717) is 25.9 Å². The molecule has 0 saturated heterocycles. The van der Waals surface area contributed by atoms with Crippen LogP contribution in [0.2, 0.25) is 0 Å². The van der Waals surface area contributed by atoms with Crippen molar-refractivity contribution >= 4 is 6.47 Å². The number of hydrogen-bond donors (Lipinski definition) is 0. The summed E-state index contributed by atoms with van der Waals surface area (Å²) in [5.74, 6) is 2.52. The molecule has 64 valence electrons. The number of rotatable bonds is 6. The minimum absolute atomic E-state index is 0.324. The molecule has 0 amide bonds. The highest BCUT2D eigenvalue weighted by molar-refractivity contribution is 5.36. The lowest BCUT2D eigenvalue weighted by molar-refractivity contribution is -0.128. The van der Waals surface area contributed by atoms with Crippen LogP contribution in [0.4, 0.5) is 0 Å². The molecule has 4 nitrogen and oxygen atoms in total. The molecule has 0 fully saturated rings. The lowest BCUT2D eigenvalue weighted by Gasteiger charge is -2.06. The topological polar surface area (TPSA) is 51.0 Å². The van der Waals surface area contributed by atoms with Crippen LogP contribution in [0.15, 0.2) is 10.2 Å². The van der Waals surface area contributed by atoms with Gasteiger partial charge in [0.25, 0.3) is 6.47 Å². The van der Waals surface area contributed by atoms with Crippen LogP contribution >= 0.6 is 0 Å². The maximum absolute atomic E-state index is 9.81. The average molecular weight is 166 g/mol. The first kappa shape index (κ1) is 8.72. The Kier molecular flexibility index (Phi) is 2.81. The van der Waals surface area contributed by atoms with Gasteiger partial charge in [-0.05, 0) is 0 Å². The van der Waals surface area contributed by atoms with Crippen LogP contribution in [0.5, 0.6) is 0 Å². The Bertz CT molecular complexity index is 224. The van der Waals surface area contributed by atoms with E-state index in [2.05, 4.69) is 20.9 Å². The molecule has 4 heteroatoms. The normalized spacial score (nSPS) is 16.6. The molecule has 1 rings (SSSR count). The quantitative estimate of drug-likeness (QED) is 0.337. The Morgan fingerprint density at radius 2 is 2.25 bits per heavy atom. The number of carbonyl (C=O) groups excluding carboxylic acids is 1. The second-order valence-corrected chi connectivity index (χ2v) is 2.60. The third-order valence-corrected chi connectivity index (χ3v) is 1.74. The van der Waals surface area contributed by atoms with E-state index < -0.39 is 0 Å². The van der Waals surface area contributed by atoms with E-state index in [1.54, 1.807) is 0 Å². The summed E-state index contributed by atoms with van der Waals surface area (Å²) in [6.07, 6.45) is 7.16. The highest BCUT2D eigenvalue weighted by Gasteiger charge is 2.38. The van der Waals surface area contributed by atoms with Crippen molar-refractivity contribution in [2.24, 2.45) is 10.2 Å². The zero-order valence-corrected chi connectivity index (χ0v) is 6.69. The molecule has 1 aliphatic rings. The van der Waals surface area contributed by atoms with Crippen LogP contribution in [-0.4, -0.2) is 18.7 Å². The minimum atomic E-state index is -0.324. The standard InChI is InChI=1S/C8H10N2O2/c1-2-3-4-8(9-10-8)5-6-12-7-11/h1,7H,3-6H2. The first-order valence-corrected chi connectivity index (χ1v) is 3.76. The minimum Gasteiger partial charge on any atom is -0.468 e. The van der Waals surface area contributed by atoms with Gasteiger partial charge in [0.1, 0.15) is 0 Å². The van der Waals surface area contributed by atoms with Gasteiger partial charge in [0, 0.05) is 19.3 Å². The van der Waals surface area contributed by atoms with Crippen molar-refractivity contribution in [2.75, 3.05) is 6.61 Å². The van der Waals surface area contributed by atoms with Gasteiger partial charge in [0.05, 0.1) is 6.61 Å². The Labute approximate surface area is 71.0 Å². The van der Waals surface area contributed by atoms with Crippen molar-refractivity contribution in [2.45, 2.75) is 24.9 Å². The van der Waals surface area contributed by atoms with Gasteiger partial charge >= 0.3 is 0 Å².